The maximum Gasteiger partial charge on any atom is 0.192 e. The second-order valence-electron chi connectivity index (χ2n) is 7.45. The van der Waals surface area contributed by atoms with Crippen molar-refractivity contribution in [3.05, 3.63) is 78.0 Å². The molecule has 172 valence electrons. The van der Waals surface area contributed by atoms with Crippen LogP contribution in [-0.4, -0.2) is 62.8 Å². The highest BCUT2D eigenvalue weighted by Gasteiger charge is 2.45. The first-order chi connectivity index (χ1) is 15.4. The summed E-state index contributed by atoms with van der Waals surface area (Å²) in [5.41, 5.74) is 2.40. The van der Waals surface area contributed by atoms with Gasteiger partial charge in [-0.1, -0.05) is 54.3 Å². The molecule has 0 amide bonds. The lowest BCUT2D eigenvalue weighted by Crippen LogP contribution is -2.63. The molecule has 2 aromatic carbocycles. The zero-order valence-electron chi connectivity index (χ0n) is 17.4. The molecular weight excluding hydrogens is 416 g/mol. The van der Waals surface area contributed by atoms with Crippen molar-refractivity contribution in [2.45, 2.75) is 43.7 Å². The van der Waals surface area contributed by atoms with Gasteiger partial charge in [0.15, 0.2) is 6.23 Å². The van der Waals surface area contributed by atoms with Crippen LogP contribution < -0.4 is 10.6 Å². The van der Waals surface area contributed by atoms with E-state index in [1.807, 2.05) is 54.6 Å². The summed E-state index contributed by atoms with van der Waals surface area (Å²) in [5.74, 6) is 6.50. The number of hydrazine groups is 1. The largest absolute Gasteiger partial charge is 0.489 e. The molecule has 32 heavy (non-hydrogen) atoms. The van der Waals surface area contributed by atoms with E-state index in [0.29, 0.717) is 23.8 Å². The lowest BCUT2D eigenvalue weighted by atomic mass is 9.98. The van der Waals surface area contributed by atoms with E-state index in [4.69, 9.17) is 15.3 Å². The van der Waals surface area contributed by atoms with Gasteiger partial charge in [-0.25, -0.2) is 5.84 Å². The molecule has 0 radical (unpaired) electrons. The summed E-state index contributed by atoms with van der Waals surface area (Å²) < 4.78 is 11.1. The third-order valence-electron chi connectivity index (χ3n) is 5.00. The summed E-state index contributed by atoms with van der Waals surface area (Å²) in [6.45, 7) is 3.75. The van der Waals surface area contributed by atoms with Crippen LogP contribution in [0.3, 0.4) is 0 Å². The van der Waals surface area contributed by atoms with E-state index in [-0.39, 0.29) is 0 Å². The highest BCUT2D eigenvalue weighted by Crippen LogP contribution is 2.23. The van der Waals surface area contributed by atoms with E-state index in [9.17, 15) is 20.4 Å². The molecule has 1 heterocycles. The third kappa shape index (κ3) is 6.10. The van der Waals surface area contributed by atoms with Gasteiger partial charge >= 0.3 is 0 Å². The molecule has 1 saturated heterocycles. The number of aliphatic hydroxyl groups is 4. The van der Waals surface area contributed by atoms with E-state index < -0.39 is 37.3 Å². The number of rotatable bonds is 9. The molecule has 0 bridgehead atoms. The predicted octanol–water partition coefficient (Wildman–Crippen LogP) is 0.665. The minimum atomic E-state index is -1.56. The molecule has 1 fully saturated rings. The average Bonchev–Trinajstić information content (AvgIpc) is 2.81. The minimum absolute atomic E-state index is 0.392. The highest BCUT2D eigenvalue weighted by molar-refractivity contribution is 5.29. The molecule has 10 nitrogen and oxygen atoms in total. The van der Waals surface area contributed by atoms with Crippen LogP contribution >= 0.6 is 0 Å². The second kappa shape index (κ2) is 11.1. The van der Waals surface area contributed by atoms with Crippen LogP contribution in [0, 0.1) is 0 Å². The van der Waals surface area contributed by atoms with E-state index in [1.54, 1.807) is 0 Å². The summed E-state index contributed by atoms with van der Waals surface area (Å²) in [7, 11) is 0. The van der Waals surface area contributed by atoms with Crippen molar-refractivity contribution in [1.29, 1.82) is 0 Å². The van der Waals surface area contributed by atoms with E-state index >= 15 is 0 Å². The smallest absolute Gasteiger partial charge is 0.192 e. The molecule has 3 rings (SSSR count). The molecule has 2 aromatic rings. The van der Waals surface area contributed by atoms with Gasteiger partial charge in [-0.05, 0) is 23.3 Å². The number of hydrogen-bond acceptors (Lipinski definition) is 9. The lowest BCUT2D eigenvalue weighted by molar-refractivity contribution is -0.267. The molecule has 0 spiro atoms. The molecule has 10 heteroatoms. The Hall–Kier alpha value is -2.86. The summed E-state index contributed by atoms with van der Waals surface area (Å²) in [4.78, 5) is 0. The van der Waals surface area contributed by atoms with E-state index in [2.05, 4.69) is 16.9 Å². The van der Waals surface area contributed by atoms with Gasteiger partial charge in [-0.2, -0.15) is 5.12 Å². The van der Waals surface area contributed by atoms with Crippen molar-refractivity contribution < 1.29 is 29.9 Å². The Bertz CT molecular complexity index is 893. The van der Waals surface area contributed by atoms with E-state index in [0.717, 1.165) is 16.9 Å². The van der Waals surface area contributed by atoms with Gasteiger partial charge in [0.2, 0.25) is 0 Å². The molecule has 0 saturated carbocycles. The van der Waals surface area contributed by atoms with Crippen LogP contribution in [0.5, 0.6) is 5.75 Å². The van der Waals surface area contributed by atoms with Crippen LogP contribution in [0.4, 0.5) is 0 Å². The Labute approximate surface area is 185 Å². The zero-order chi connectivity index (χ0) is 23.1. The standard InChI is InChI=1S/C22H28N4O6/c1-14(24-25-26(23)22-21(30)20(29)19(28)18(12-27)32-22)11-15-7-9-17(10-8-15)31-13-16-5-3-2-4-6-16/h2-10,18-22,27-30H,1,11-13,23H2/b25-24-. The van der Waals surface area contributed by atoms with Crippen molar-refractivity contribution in [2.24, 2.45) is 16.2 Å². The molecule has 1 aliphatic rings. The van der Waals surface area contributed by atoms with Crippen molar-refractivity contribution in [2.75, 3.05) is 6.61 Å². The molecule has 0 aliphatic carbocycles. The van der Waals surface area contributed by atoms with Gasteiger partial charge in [0.1, 0.15) is 36.8 Å². The van der Waals surface area contributed by atoms with Gasteiger partial charge in [0.25, 0.3) is 0 Å². The van der Waals surface area contributed by atoms with Crippen molar-refractivity contribution in [1.82, 2.24) is 5.12 Å². The molecule has 1 aliphatic heterocycles. The summed E-state index contributed by atoms with van der Waals surface area (Å²) in [6.07, 6.45) is -6.59. The monoisotopic (exact) mass is 444 g/mol. The number of allylic oxidation sites excluding steroid dienone is 1. The van der Waals surface area contributed by atoms with Crippen molar-refractivity contribution in [3.8, 4) is 5.75 Å². The third-order valence-corrected chi connectivity index (χ3v) is 5.00. The maximum atomic E-state index is 10.1. The van der Waals surface area contributed by atoms with Crippen molar-refractivity contribution >= 4 is 0 Å². The number of nitrogens with two attached hydrogens (primary N) is 1. The molecule has 0 aromatic heterocycles. The van der Waals surface area contributed by atoms with Crippen LogP contribution in [0.1, 0.15) is 11.1 Å². The topological polar surface area (TPSA) is 153 Å². The first kappa shape index (κ1) is 23.8. The Balaban J connectivity index is 1.51. The van der Waals surface area contributed by atoms with Gasteiger partial charge in [-0.15, -0.1) is 5.11 Å². The molecule has 5 unspecified atom stereocenters. The normalized spacial score (nSPS) is 25.6. The van der Waals surface area contributed by atoms with Crippen LogP contribution in [0.15, 0.2) is 77.2 Å². The Kier molecular flexibility index (Phi) is 8.28. The van der Waals surface area contributed by atoms with Crippen LogP contribution in [-0.2, 0) is 17.8 Å². The highest BCUT2D eigenvalue weighted by atomic mass is 16.6. The van der Waals surface area contributed by atoms with Gasteiger partial charge in [0.05, 0.1) is 12.3 Å². The minimum Gasteiger partial charge on any atom is -0.489 e. The Morgan fingerprint density at radius 2 is 1.69 bits per heavy atom. The van der Waals surface area contributed by atoms with Crippen molar-refractivity contribution in [3.63, 3.8) is 0 Å². The quantitative estimate of drug-likeness (QED) is 0.215. The number of benzene rings is 2. The fraction of sp³-hybridized carbons (Fsp3) is 0.364. The molecular formula is C22H28N4O6. The SMILES string of the molecule is C=C(Cc1ccc(OCc2ccccc2)cc1)/N=N\N(N)C1OC(CO)C(O)C(O)C1O. The first-order valence-electron chi connectivity index (χ1n) is 10.1. The molecule has 6 N–H and O–H groups in total. The van der Waals surface area contributed by atoms with Gasteiger partial charge in [-0.3, -0.25) is 0 Å². The van der Waals surface area contributed by atoms with Crippen LogP contribution in [0.25, 0.3) is 0 Å². The fourth-order valence-electron chi connectivity index (χ4n) is 3.18. The second-order valence-corrected chi connectivity index (χ2v) is 7.45. The zero-order valence-corrected chi connectivity index (χ0v) is 17.4. The lowest BCUT2D eigenvalue weighted by Gasteiger charge is -2.41. The maximum absolute atomic E-state index is 10.1. The van der Waals surface area contributed by atoms with Gasteiger partial charge in [0, 0.05) is 6.42 Å². The van der Waals surface area contributed by atoms with Crippen LogP contribution in [0.2, 0.25) is 0 Å². The summed E-state index contributed by atoms with van der Waals surface area (Å²) in [6, 6.07) is 17.3. The fourth-order valence-corrected chi connectivity index (χ4v) is 3.18. The Morgan fingerprint density at radius 1 is 1.00 bits per heavy atom. The number of ether oxygens (including phenoxy) is 2. The number of hydrogen-bond donors (Lipinski definition) is 5. The Morgan fingerprint density at radius 3 is 2.34 bits per heavy atom. The number of aliphatic hydroxyl groups excluding tert-OH is 4. The van der Waals surface area contributed by atoms with E-state index in [1.165, 1.54) is 0 Å². The molecule has 5 atom stereocenters. The predicted molar refractivity (Wildman–Crippen MR) is 115 cm³/mol. The number of nitrogens with zero attached hydrogens (tertiary/aromatic N) is 3. The summed E-state index contributed by atoms with van der Waals surface area (Å²) >= 11 is 0. The average molecular weight is 444 g/mol. The van der Waals surface area contributed by atoms with Gasteiger partial charge < -0.3 is 29.9 Å². The first-order valence-corrected chi connectivity index (χ1v) is 10.1. The summed E-state index contributed by atoms with van der Waals surface area (Å²) in [5, 5.41) is 47.4.